The lowest BCUT2D eigenvalue weighted by molar-refractivity contribution is -0.144. The van der Waals surface area contributed by atoms with Gasteiger partial charge in [-0.15, -0.1) is 0 Å². The van der Waals surface area contributed by atoms with Crippen LogP contribution in [0.5, 0.6) is 0 Å². The Labute approximate surface area is 264 Å². The highest BCUT2D eigenvalue weighted by molar-refractivity contribution is 5.81. The second-order valence-electron chi connectivity index (χ2n) is 12.0. The Bertz CT molecular complexity index is 1070. The molecule has 0 saturated heterocycles. The first kappa shape index (κ1) is 36.6. The average molecular weight is 612 g/mol. The maximum Gasteiger partial charge on any atom is 0.407 e. The number of esters is 1. The van der Waals surface area contributed by atoms with Crippen LogP contribution < -0.4 is 10.6 Å². The summed E-state index contributed by atoms with van der Waals surface area (Å²) in [7, 11) is 1.29. The quantitative estimate of drug-likeness (QED) is 0.145. The average Bonchev–Trinajstić information content (AvgIpc) is 3.03. The van der Waals surface area contributed by atoms with Crippen LogP contribution in [0.25, 0.3) is 0 Å². The third-order valence-electron chi connectivity index (χ3n) is 8.09. The molecule has 0 saturated carbocycles. The summed E-state index contributed by atoms with van der Waals surface area (Å²) in [6, 6.07) is 19.3. The van der Waals surface area contributed by atoms with Gasteiger partial charge in [-0.1, -0.05) is 115 Å². The summed E-state index contributed by atoms with van der Waals surface area (Å²) < 4.78 is 16.1. The van der Waals surface area contributed by atoms with E-state index in [1.807, 2.05) is 64.1 Å². The fourth-order valence-electron chi connectivity index (χ4n) is 4.94. The van der Waals surface area contributed by atoms with Gasteiger partial charge < -0.3 is 24.8 Å². The Balaban J connectivity index is 2.08. The third kappa shape index (κ3) is 13.0. The number of rotatable bonds is 18. The molecule has 0 aliphatic heterocycles. The molecule has 0 aromatic heterocycles. The Kier molecular flexibility index (Phi) is 16.3. The normalized spacial score (nSPS) is 14.7. The molecule has 2 aromatic rings. The van der Waals surface area contributed by atoms with Crippen molar-refractivity contribution < 1.29 is 28.6 Å². The zero-order valence-electron chi connectivity index (χ0n) is 27.6. The molecule has 244 valence electrons. The van der Waals surface area contributed by atoms with E-state index in [0.717, 1.165) is 25.9 Å². The standard InChI is InChI=1S/C35H53N3O6/c1-8-26(5)31(24-44-35(41)37-32(27(6)9-2)33(39)42-7)36-34(40)43-23-30(20-25(3)4)38(21-28-16-12-10-13-17-28)22-29-18-14-11-15-19-29/h10-19,25-27,30-32H,8-9,20-24H2,1-7H3,(H,36,40)(H,37,41)/t26-,27-,30-,31+,32-/m0/s1. The molecule has 9 nitrogen and oxygen atoms in total. The van der Waals surface area contributed by atoms with Crippen molar-refractivity contribution in [2.75, 3.05) is 20.3 Å². The molecule has 2 N–H and O–H groups in total. The Morgan fingerprint density at radius 2 is 1.23 bits per heavy atom. The molecule has 44 heavy (non-hydrogen) atoms. The maximum atomic E-state index is 13.1. The number of hydrogen-bond acceptors (Lipinski definition) is 7. The number of methoxy groups -OCH3 is 1. The lowest BCUT2D eigenvalue weighted by atomic mass is 9.99. The Morgan fingerprint density at radius 3 is 1.70 bits per heavy atom. The summed E-state index contributed by atoms with van der Waals surface area (Å²) in [6.07, 6.45) is 0.987. The molecule has 0 radical (unpaired) electrons. The van der Waals surface area contributed by atoms with Crippen LogP contribution in [-0.2, 0) is 32.1 Å². The topological polar surface area (TPSA) is 106 Å². The van der Waals surface area contributed by atoms with Crippen LogP contribution in [0.3, 0.4) is 0 Å². The molecule has 2 rings (SSSR count). The van der Waals surface area contributed by atoms with E-state index in [1.54, 1.807) is 0 Å². The van der Waals surface area contributed by atoms with E-state index in [0.29, 0.717) is 12.3 Å². The number of ether oxygens (including phenoxy) is 3. The summed E-state index contributed by atoms with van der Waals surface area (Å²) >= 11 is 0. The van der Waals surface area contributed by atoms with Crippen molar-refractivity contribution in [3.05, 3.63) is 71.8 Å². The number of carbonyl (C=O) groups excluding carboxylic acids is 3. The van der Waals surface area contributed by atoms with Crippen LogP contribution in [0.2, 0.25) is 0 Å². The number of amides is 2. The number of nitrogens with one attached hydrogen (secondary N) is 2. The molecule has 0 fully saturated rings. The van der Waals surface area contributed by atoms with Gasteiger partial charge in [-0.25, -0.2) is 14.4 Å². The van der Waals surface area contributed by atoms with E-state index < -0.39 is 30.2 Å². The van der Waals surface area contributed by atoms with Gasteiger partial charge in [0.1, 0.15) is 19.3 Å². The van der Waals surface area contributed by atoms with Gasteiger partial charge in [0.2, 0.25) is 0 Å². The summed E-state index contributed by atoms with van der Waals surface area (Å²) in [5.41, 5.74) is 2.38. The molecule has 0 spiro atoms. The monoisotopic (exact) mass is 611 g/mol. The third-order valence-corrected chi connectivity index (χ3v) is 8.09. The van der Waals surface area contributed by atoms with Crippen molar-refractivity contribution in [2.24, 2.45) is 17.8 Å². The lowest BCUT2D eigenvalue weighted by Gasteiger charge is -2.33. The SMILES string of the molecule is CC[C@H](C)[C@H](NC(=O)OC[C@@H](NC(=O)OC[C@H](CC(C)C)N(Cc1ccccc1)Cc1ccccc1)[C@@H](C)CC)C(=O)OC. The van der Waals surface area contributed by atoms with E-state index in [1.165, 1.54) is 18.2 Å². The number of carbonyl (C=O) groups is 3. The zero-order valence-corrected chi connectivity index (χ0v) is 27.6. The highest BCUT2D eigenvalue weighted by Crippen LogP contribution is 2.20. The summed E-state index contributed by atoms with van der Waals surface area (Å²) in [5.74, 6) is -0.248. The molecule has 0 aliphatic carbocycles. The van der Waals surface area contributed by atoms with Crippen molar-refractivity contribution in [3.8, 4) is 0 Å². The van der Waals surface area contributed by atoms with Gasteiger partial charge in [0, 0.05) is 19.1 Å². The van der Waals surface area contributed by atoms with Gasteiger partial charge in [0.25, 0.3) is 0 Å². The van der Waals surface area contributed by atoms with Gasteiger partial charge >= 0.3 is 18.2 Å². The minimum atomic E-state index is -0.815. The van der Waals surface area contributed by atoms with Gasteiger partial charge in [0.05, 0.1) is 13.2 Å². The maximum absolute atomic E-state index is 13.1. The van der Waals surface area contributed by atoms with Crippen LogP contribution >= 0.6 is 0 Å². The highest BCUT2D eigenvalue weighted by atomic mass is 16.6. The lowest BCUT2D eigenvalue weighted by Crippen LogP contribution is -2.48. The van der Waals surface area contributed by atoms with Crippen LogP contribution in [0, 0.1) is 17.8 Å². The van der Waals surface area contributed by atoms with Crippen LogP contribution in [0.1, 0.15) is 71.9 Å². The molecular weight excluding hydrogens is 558 g/mol. The summed E-state index contributed by atoms with van der Waals surface area (Å²) in [5, 5.41) is 5.52. The van der Waals surface area contributed by atoms with E-state index in [4.69, 9.17) is 14.2 Å². The number of hydrogen-bond donors (Lipinski definition) is 2. The molecule has 0 heterocycles. The van der Waals surface area contributed by atoms with Crippen LogP contribution in [0.15, 0.2) is 60.7 Å². The van der Waals surface area contributed by atoms with Crippen molar-refractivity contribution in [1.82, 2.24) is 15.5 Å². The number of nitrogens with zero attached hydrogens (tertiary/aromatic N) is 1. The predicted molar refractivity (Wildman–Crippen MR) is 173 cm³/mol. The molecule has 0 aliphatic rings. The van der Waals surface area contributed by atoms with Gasteiger partial charge in [-0.3, -0.25) is 4.90 Å². The first-order chi connectivity index (χ1) is 21.1. The summed E-state index contributed by atoms with van der Waals surface area (Å²) in [6.45, 7) is 13.7. The molecular formula is C35H53N3O6. The highest BCUT2D eigenvalue weighted by Gasteiger charge is 2.29. The van der Waals surface area contributed by atoms with Crippen molar-refractivity contribution in [1.29, 1.82) is 0 Å². The van der Waals surface area contributed by atoms with Crippen molar-refractivity contribution in [2.45, 2.75) is 92.0 Å². The van der Waals surface area contributed by atoms with E-state index in [-0.39, 0.29) is 31.1 Å². The van der Waals surface area contributed by atoms with Gasteiger partial charge in [0.15, 0.2) is 0 Å². The van der Waals surface area contributed by atoms with E-state index in [2.05, 4.69) is 53.6 Å². The molecule has 2 amide bonds. The first-order valence-electron chi connectivity index (χ1n) is 15.8. The molecule has 5 atom stereocenters. The Morgan fingerprint density at radius 1 is 0.727 bits per heavy atom. The smallest absolute Gasteiger partial charge is 0.407 e. The second kappa shape index (κ2) is 19.6. The zero-order chi connectivity index (χ0) is 32.5. The summed E-state index contributed by atoms with van der Waals surface area (Å²) in [4.78, 5) is 40.2. The number of benzene rings is 2. The van der Waals surface area contributed by atoms with Crippen LogP contribution in [-0.4, -0.2) is 61.5 Å². The molecule has 2 aromatic carbocycles. The van der Waals surface area contributed by atoms with Gasteiger partial charge in [-0.2, -0.15) is 0 Å². The largest absolute Gasteiger partial charge is 0.467 e. The van der Waals surface area contributed by atoms with E-state index >= 15 is 0 Å². The molecule has 0 bridgehead atoms. The van der Waals surface area contributed by atoms with Crippen molar-refractivity contribution in [3.63, 3.8) is 0 Å². The predicted octanol–water partition coefficient (Wildman–Crippen LogP) is 6.56. The first-order valence-corrected chi connectivity index (χ1v) is 15.8. The molecule has 0 unspecified atom stereocenters. The van der Waals surface area contributed by atoms with Crippen LogP contribution in [0.4, 0.5) is 9.59 Å². The minimum absolute atomic E-state index is 0.0129. The van der Waals surface area contributed by atoms with E-state index in [9.17, 15) is 14.4 Å². The molecule has 9 heteroatoms. The Hall–Kier alpha value is -3.59. The second-order valence-corrected chi connectivity index (χ2v) is 12.0. The number of alkyl carbamates (subject to hydrolysis) is 2. The minimum Gasteiger partial charge on any atom is -0.467 e. The fourth-order valence-corrected chi connectivity index (χ4v) is 4.94. The van der Waals surface area contributed by atoms with Crippen molar-refractivity contribution >= 4 is 18.2 Å². The fraction of sp³-hybridized carbons (Fsp3) is 0.571. The van der Waals surface area contributed by atoms with Gasteiger partial charge in [-0.05, 0) is 35.3 Å².